The maximum Gasteiger partial charge on any atom is 0.243 e. The van der Waals surface area contributed by atoms with E-state index in [9.17, 15) is 8.42 Å². The normalized spacial score (nSPS) is 15.6. The molecule has 20 heavy (non-hydrogen) atoms. The Morgan fingerprint density at radius 1 is 1.40 bits per heavy atom. The molecule has 0 amide bonds. The number of hydrogen-bond acceptors (Lipinski definition) is 4. The first-order chi connectivity index (χ1) is 9.54. The van der Waals surface area contributed by atoms with Crippen LogP contribution in [0.25, 0.3) is 0 Å². The standard InChI is InChI=1S/C14H22N2O3S/c1-4-16(12-5-6-12)20(17,18)13-7-8-14(19-3)11(9-13)10-15-2/h7-9,12,15H,4-6,10H2,1-3H3. The third kappa shape index (κ3) is 2.97. The summed E-state index contributed by atoms with van der Waals surface area (Å²) in [5, 5.41) is 3.03. The van der Waals surface area contributed by atoms with Gasteiger partial charge in [0.15, 0.2) is 0 Å². The van der Waals surface area contributed by atoms with Gasteiger partial charge >= 0.3 is 0 Å². The van der Waals surface area contributed by atoms with Crippen LogP contribution >= 0.6 is 0 Å². The molecule has 6 heteroatoms. The van der Waals surface area contributed by atoms with E-state index in [4.69, 9.17) is 4.74 Å². The van der Waals surface area contributed by atoms with E-state index in [1.807, 2.05) is 14.0 Å². The topological polar surface area (TPSA) is 58.6 Å². The van der Waals surface area contributed by atoms with Crippen LogP contribution in [-0.4, -0.2) is 39.5 Å². The Labute approximate surface area is 121 Å². The van der Waals surface area contributed by atoms with E-state index in [2.05, 4.69) is 5.32 Å². The Morgan fingerprint density at radius 3 is 2.60 bits per heavy atom. The van der Waals surface area contributed by atoms with E-state index in [0.717, 1.165) is 18.4 Å². The molecule has 0 radical (unpaired) electrons. The van der Waals surface area contributed by atoms with E-state index in [1.165, 1.54) is 0 Å². The molecular weight excluding hydrogens is 276 g/mol. The number of nitrogens with one attached hydrogen (secondary N) is 1. The molecule has 0 saturated heterocycles. The molecule has 1 N–H and O–H groups in total. The molecule has 1 aromatic carbocycles. The molecule has 0 atom stereocenters. The molecule has 1 saturated carbocycles. The van der Waals surface area contributed by atoms with Gasteiger partial charge < -0.3 is 10.1 Å². The molecule has 0 aromatic heterocycles. The van der Waals surface area contributed by atoms with Crippen molar-refractivity contribution in [3.63, 3.8) is 0 Å². The quantitative estimate of drug-likeness (QED) is 0.830. The minimum atomic E-state index is -3.40. The van der Waals surface area contributed by atoms with Crippen molar-refractivity contribution in [1.82, 2.24) is 9.62 Å². The van der Waals surface area contributed by atoms with Crippen LogP contribution in [-0.2, 0) is 16.6 Å². The number of rotatable bonds is 7. The molecule has 5 nitrogen and oxygen atoms in total. The smallest absolute Gasteiger partial charge is 0.243 e. The molecule has 2 rings (SSSR count). The predicted molar refractivity (Wildman–Crippen MR) is 78.3 cm³/mol. The summed E-state index contributed by atoms with van der Waals surface area (Å²) in [6.45, 7) is 2.97. The SMILES string of the molecule is CCN(C1CC1)S(=O)(=O)c1ccc(OC)c(CNC)c1. The van der Waals surface area contributed by atoms with Crippen molar-refractivity contribution >= 4 is 10.0 Å². The third-order valence-corrected chi connectivity index (χ3v) is 5.51. The summed E-state index contributed by atoms with van der Waals surface area (Å²) in [7, 11) is 0.00739. The van der Waals surface area contributed by atoms with Crippen molar-refractivity contribution in [2.24, 2.45) is 0 Å². The number of ether oxygens (including phenoxy) is 1. The van der Waals surface area contributed by atoms with Gasteiger partial charge in [-0.3, -0.25) is 0 Å². The van der Waals surface area contributed by atoms with E-state index in [0.29, 0.717) is 23.7 Å². The van der Waals surface area contributed by atoms with Crippen LogP contribution in [0.5, 0.6) is 5.75 Å². The van der Waals surface area contributed by atoms with Gasteiger partial charge in [0.25, 0.3) is 0 Å². The van der Waals surface area contributed by atoms with E-state index < -0.39 is 10.0 Å². The molecule has 1 fully saturated rings. The van der Waals surface area contributed by atoms with Gasteiger partial charge in [-0.2, -0.15) is 4.31 Å². The molecule has 112 valence electrons. The number of nitrogens with zero attached hydrogens (tertiary/aromatic N) is 1. The fourth-order valence-corrected chi connectivity index (χ4v) is 4.11. The first kappa shape index (κ1) is 15.3. The lowest BCUT2D eigenvalue weighted by Crippen LogP contribution is -2.33. The number of benzene rings is 1. The van der Waals surface area contributed by atoms with Gasteiger partial charge in [-0.05, 0) is 38.1 Å². The van der Waals surface area contributed by atoms with Crippen LogP contribution in [0, 0.1) is 0 Å². The molecule has 0 heterocycles. The van der Waals surface area contributed by atoms with Crippen LogP contribution in [0.1, 0.15) is 25.3 Å². The minimum absolute atomic E-state index is 0.180. The zero-order chi connectivity index (χ0) is 14.8. The van der Waals surface area contributed by atoms with Crippen molar-refractivity contribution in [2.75, 3.05) is 20.7 Å². The number of methoxy groups -OCH3 is 1. The van der Waals surface area contributed by atoms with Gasteiger partial charge in [0.05, 0.1) is 12.0 Å². The van der Waals surface area contributed by atoms with Crippen LogP contribution in [0.4, 0.5) is 0 Å². The Hall–Kier alpha value is -1.11. The monoisotopic (exact) mass is 298 g/mol. The van der Waals surface area contributed by atoms with Crippen molar-refractivity contribution in [1.29, 1.82) is 0 Å². The molecular formula is C14H22N2O3S. The van der Waals surface area contributed by atoms with Gasteiger partial charge in [-0.15, -0.1) is 0 Å². The van der Waals surface area contributed by atoms with E-state index in [-0.39, 0.29) is 6.04 Å². The van der Waals surface area contributed by atoms with Gasteiger partial charge in [0.2, 0.25) is 10.0 Å². The Balaban J connectivity index is 2.38. The summed E-state index contributed by atoms with van der Waals surface area (Å²) in [5.41, 5.74) is 0.850. The first-order valence-corrected chi connectivity index (χ1v) is 8.32. The molecule has 0 bridgehead atoms. The highest BCUT2D eigenvalue weighted by atomic mass is 32.2. The molecule has 1 aliphatic rings. The first-order valence-electron chi connectivity index (χ1n) is 6.88. The van der Waals surface area contributed by atoms with Crippen LogP contribution in [0.2, 0.25) is 0 Å². The highest BCUT2D eigenvalue weighted by Crippen LogP contribution is 2.33. The van der Waals surface area contributed by atoms with Crippen LogP contribution in [0.15, 0.2) is 23.1 Å². The van der Waals surface area contributed by atoms with Gasteiger partial charge in [0, 0.05) is 24.7 Å². The maximum atomic E-state index is 12.7. The Morgan fingerprint density at radius 2 is 2.10 bits per heavy atom. The van der Waals surface area contributed by atoms with E-state index in [1.54, 1.807) is 29.6 Å². The molecule has 0 spiro atoms. The minimum Gasteiger partial charge on any atom is -0.496 e. The fraction of sp³-hybridized carbons (Fsp3) is 0.571. The largest absolute Gasteiger partial charge is 0.496 e. The Kier molecular flexibility index (Phi) is 4.67. The summed E-state index contributed by atoms with van der Waals surface area (Å²) in [6, 6.07) is 5.23. The molecule has 0 aliphatic heterocycles. The average Bonchev–Trinajstić information content (AvgIpc) is 3.24. The van der Waals surface area contributed by atoms with Crippen molar-refractivity contribution < 1.29 is 13.2 Å². The van der Waals surface area contributed by atoms with Gasteiger partial charge in [0.1, 0.15) is 5.75 Å². The van der Waals surface area contributed by atoms with Gasteiger partial charge in [-0.25, -0.2) is 8.42 Å². The van der Waals surface area contributed by atoms with Crippen LogP contribution in [0.3, 0.4) is 0 Å². The second kappa shape index (κ2) is 6.11. The van der Waals surface area contributed by atoms with Crippen LogP contribution < -0.4 is 10.1 Å². The number of hydrogen-bond donors (Lipinski definition) is 1. The van der Waals surface area contributed by atoms with Crippen molar-refractivity contribution in [3.05, 3.63) is 23.8 Å². The zero-order valence-electron chi connectivity index (χ0n) is 12.2. The molecule has 0 unspecified atom stereocenters. The number of sulfonamides is 1. The second-order valence-electron chi connectivity index (χ2n) is 4.94. The summed E-state index contributed by atoms with van der Waals surface area (Å²) in [5.74, 6) is 0.702. The summed E-state index contributed by atoms with van der Waals surface area (Å²) >= 11 is 0. The maximum absolute atomic E-state index is 12.7. The highest BCUT2D eigenvalue weighted by Gasteiger charge is 2.37. The summed E-state index contributed by atoms with van der Waals surface area (Å²) in [6.07, 6.45) is 1.93. The average molecular weight is 298 g/mol. The summed E-state index contributed by atoms with van der Waals surface area (Å²) < 4.78 is 32.2. The zero-order valence-corrected chi connectivity index (χ0v) is 13.0. The highest BCUT2D eigenvalue weighted by molar-refractivity contribution is 7.89. The molecule has 1 aromatic rings. The van der Waals surface area contributed by atoms with Crippen molar-refractivity contribution in [2.45, 2.75) is 37.2 Å². The van der Waals surface area contributed by atoms with E-state index >= 15 is 0 Å². The lowest BCUT2D eigenvalue weighted by molar-refractivity contribution is 0.407. The van der Waals surface area contributed by atoms with Crippen molar-refractivity contribution in [3.8, 4) is 5.75 Å². The lowest BCUT2D eigenvalue weighted by Gasteiger charge is -2.20. The molecule has 1 aliphatic carbocycles. The van der Waals surface area contributed by atoms with Gasteiger partial charge in [-0.1, -0.05) is 6.92 Å². The Bertz CT molecular complexity index is 568. The lowest BCUT2D eigenvalue weighted by atomic mass is 10.2. The summed E-state index contributed by atoms with van der Waals surface area (Å²) in [4.78, 5) is 0.345. The second-order valence-corrected chi connectivity index (χ2v) is 6.83. The fourth-order valence-electron chi connectivity index (χ4n) is 2.37. The predicted octanol–water partition coefficient (Wildman–Crippen LogP) is 1.59. The third-order valence-electron chi connectivity index (χ3n) is 3.49.